The zero-order valence-corrected chi connectivity index (χ0v) is 13.3. The molecule has 0 saturated heterocycles. The molecule has 0 aliphatic rings. The molecule has 0 aliphatic carbocycles. The Morgan fingerprint density at radius 3 is 2.80 bits per heavy atom. The van der Waals surface area contributed by atoms with Gasteiger partial charge in [-0.15, -0.1) is 0 Å². The van der Waals surface area contributed by atoms with Crippen LogP contribution in [0.1, 0.15) is 19.4 Å². The molecule has 0 radical (unpaired) electrons. The third-order valence-electron chi connectivity index (χ3n) is 2.25. The van der Waals surface area contributed by atoms with Crippen LogP contribution in [-0.4, -0.2) is 31.6 Å². The van der Waals surface area contributed by atoms with Gasteiger partial charge in [0, 0.05) is 6.54 Å². The van der Waals surface area contributed by atoms with Crippen molar-refractivity contribution >= 4 is 35.1 Å². The lowest BCUT2D eigenvalue weighted by atomic mass is 10.2. The third-order valence-corrected chi connectivity index (χ3v) is 2.77. The summed E-state index contributed by atoms with van der Waals surface area (Å²) in [6, 6.07) is 3.54. The fourth-order valence-corrected chi connectivity index (χ4v) is 1.98. The summed E-state index contributed by atoms with van der Waals surface area (Å²) in [4.78, 5) is 0. The molecule has 0 unspecified atom stereocenters. The summed E-state index contributed by atoms with van der Waals surface area (Å²) in [6.45, 7) is 5.11. The van der Waals surface area contributed by atoms with Gasteiger partial charge in [-0.05, 0) is 43.8 Å². The van der Waals surface area contributed by atoms with Crippen molar-refractivity contribution < 1.29 is 9.47 Å². The van der Waals surface area contributed by atoms with Crippen molar-refractivity contribution in [3.63, 3.8) is 0 Å². The first kappa shape index (κ1) is 16.5. The van der Waals surface area contributed by atoms with E-state index in [1.54, 1.807) is 25.5 Å². The number of thiocarbonyl (C=S) groups is 1. The van der Waals surface area contributed by atoms with E-state index >= 15 is 0 Å². The van der Waals surface area contributed by atoms with Crippen molar-refractivity contribution in [1.29, 1.82) is 0 Å². The lowest BCUT2D eigenvalue weighted by Crippen LogP contribution is -2.31. The van der Waals surface area contributed by atoms with Gasteiger partial charge >= 0.3 is 0 Å². The first-order chi connectivity index (χ1) is 9.62. The Kier molecular flexibility index (Phi) is 7.11. The van der Waals surface area contributed by atoms with E-state index in [9.17, 15) is 0 Å². The first-order valence-corrected chi connectivity index (χ1v) is 6.98. The minimum atomic E-state index is 0.466. The van der Waals surface area contributed by atoms with E-state index in [1.807, 2.05) is 13.8 Å². The molecule has 0 aromatic heterocycles. The third kappa shape index (κ3) is 4.86. The van der Waals surface area contributed by atoms with Gasteiger partial charge in [-0.25, -0.2) is 0 Å². The Balaban J connectivity index is 2.85. The molecule has 110 valence electrons. The van der Waals surface area contributed by atoms with Crippen molar-refractivity contribution in [1.82, 2.24) is 10.7 Å². The van der Waals surface area contributed by atoms with E-state index in [-0.39, 0.29) is 0 Å². The largest absolute Gasteiger partial charge is 0.491 e. The Hall–Kier alpha value is -1.53. The van der Waals surface area contributed by atoms with Gasteiger partial charge in [-0.2, -0.15) is 5.10 Å². The van der Waals surface area contributed by atoms with Crippen molar-refractivity contribution in [2.45, 2.75) is 13.8 Å². The average Bonchev–Trinajstić information content (AvgIpc) is 2.39. The molecule has 1 aromatic rings. The van der Waals surface area contributed by atoms with Gasteiger partial charge in [-0.1, -0.05) is 11.6 Å². The molecule has 1 aromatic carbocycles. The van der Waals surface area contributed by atoms with Crippen LogP contribution in [0.25, 0.3) is 0 Å². The summed E-state index contributed by atoms with van der Waals surface area (Å²) in [7, 11) is 1.55. The predicted molar refractivity (Wildman–Crippen MR) is 86.2 cm³/mol. The van der Waals surface area contributed by atoms with E-state index in [4.69, 9.17) is 33.3 Å². The number of nitrogens with zero attached hydrogens (tertiary/aromatic N) is 1. The molecule has 1 rings (SSSR count). The summed E-state index contributed by atoms with van der Waals surface area (Å²) in [5.41, 5.74) is 3.49. The van der Waals surface area contributed by atoms with Crippen LogP contribution in [0.15, 0.2) is 17.2 Å². The van der Waals surface area contributed by atoms with Crippen LogP contribution in [0.4, 0.5) is 0 Å². The Morgan fingerprint density at radius 1 is 1.45 bits per heavy atom. The molecule has 7 heteroatoms. The van der Waals surface area contributed by atoms with Gasteiger partial charge in [-0.3, -0.25) is 5.43 Å². The molecule has 2 N–H and O–H groups in total. The lowest BCUT2D eigenvalue weighted by molar-refractivity contribution is 0.311. The summed E-state index contributed by atoms with van der Waals surface area (Å²) >= 11 is 11.1. The standard InChI is InChI=1S/C13H18ClN3O2S/c1-4-15-13(20)17-16-8-9-6-10(14)12(18-3)11(7-9)19-5-2/h6-8H,4-5H2,1-3H3,(H2,15,17,20). The van der Waals surface area contributed by atoms with Crippen LogP contribution in [0, 0.1) is 0 Å². The van der Waals surface area contributed by atoms with E-state index < -0.39 is 0 Å². The first-order valence-electron chi connectivity index (χ1n) is 6.19. The number of methoxy groups -OCH3 is 1. The molecule has 0 heterocycles. The maximum atomic E-state index is 6.14. The van der Waals surface area contributed by atoms with Crippen LogP contribution >= 0.6 is 23.8 Å². The second kappa shape index (κ2) is 8.60. The molecule has 5 nitrogen and oxygen atoms in total. The number of ether oxygens (including phenoxy) is 2. The molecule has 20 heavy (non-hydrogen) atoms. The zero-order chi connectivity index (χ0) is 15.0. The zero-order valence-electron chi connectivity index (χ0n) is 11.7. The number of hydrazone groups is 1. The number of rotatable bonds is 6. The monoisotopic (exact) mass is 315 g/mol. The van der Waals surface area contributed by atoms with Crippen molar-refractivity contribution in [2.75, 3.05) is 20.3 Å². The highest BCUT2D eigenvalue weighted by atomic mass is 35.5. The van der Waals surface area contributed by atoms with Crippen LogP contribution in [0.3, 0.4) is 0 Å². The molecule has 0 spiro atoms. The average molecular weight is 316 g/mol. The van der Waals surface area contributed by atoms with Crippen LogP contribution in [0.2, 0.25) is 5.02 Å². The van der Waals surface area contributed by atoms with E-state index in [1.165, 1.54) is 0 Å². The van der Waals surface area contributed by atoms with Crippen LogP contribution < -0.4 is 20.2 Å². The second-order valence-corrected chi connectivity index (χ2v) is 4.51. The highest BCUT2D eigenvalue weighted by Crippen LogP contribution is 2.35. The van der Waals surface area contributed by atoms with Crippen LogP contribution in [0.5, 0.6) is 11.5 Å². The number of halogens is 1. The fraction of sp³-hybridized carbons (Fsp3) is 0.385. The molecule has 0 aliphatic heterocycles. The van der Waals surface area contributed by atoms with E-state index in [2.05, 4.69) is 15.8 Å². The SMILES string of the molecule is CCNC(=S)NN=Cc1cc(Cl)c(OC)c(OCC)c1. The molecule has 0 saturated carbocycles. The Bertz CT molecular complexity index is 495. The summed E-state index contributed by atoms with van der Waals surface area (Å²) in [5.74, 6) is 1.10. The lowest BCUT2D eigenvalue weighted by Gasteiger charge is -2.11. The van der Waals surface area contributed by atoms with Crippen LogP contribution in [-0.2, 0) is 0 Å². The van der Waals surface area contributed by atoms with Gasteiger partial charge < -0.3 is 14.8 Å². The summed E-state index contributed by atoms with van der Waals surface area (Å²) in [5, 5.41) is 7.89. The quantitative estimate of drug-likeness (QED) is 0.480. The molecule has 0 fully saturated rings. The van der Waals surface area contributed by atoms with Gasteiger partial charge in [0.2, 0.25) is 0 Å². The number of hydrogen-bond donors (Lipinski definition) is 2. The number of benzene rings is 1. The van der Waals surface area contributed by atoms with E-state index in [0.717, 1.165) is 12.1 Å². The maximum Gasteiger partial charge on any atom is 0.186 e. The van der Waals surface area contributed by atoms with Crippen molar-refractivity contribution in [3.05, 3.63) is 22.7 Å². The molecule has 0 bridgehead atoms. The molecular formula is C13H18ClN3O2S. The highest BCUT2D eigenvalue weighted by Gasteiger charge is 2.10. The van der Waals surface area contributed by atoms with Gasteiger partial charge in [0.05, 0.1) is 25.0 Å². The summed E-state index contributed by atoms with van der Waals surface area (Å²) in [6.07, 6.45) is 1.61. The molecule has 0 atom stereocenters. The Labute approximate surface area is 129 Å². The second-order valence-electron chi connectivity index (χ2n) is 3.70. The minimum absolute atomic E-state index is 0.466. The topological polar surface area (TPSA) is 54.9 Å². The highest BCUT2D eigenvalue weighted by molar-refractivity contribution is 7.80. The van der Waals surface area contributed by atoms with Crippen molar-refractivity contribution in [3.8, 4) is 11.5 Å². The smallest absolute Gasteiger partial charge is 0.186 e. The van der Waals surface area contributed by atoms with Gasteiger partial charge in [0.25, 0.3) is 0 Å². The summed E-state index contributed by atoms with van der Waals surface area (Å²) < 4.78 is 10.7. The van der Waals surface area contributed by atoms with Gasteiger partial charge in [0.15, 0.2) is 16.6 Å². The number of nitrogens with one attached hydrogen (secondary N) is 2. The minimum Gasteiger partial charge on any atom is -0.491 e. The van der Waals surface area contributed by atoms with Gasteiger partial charge in [0.1, 0.15) is 0 Å². The molecule has 0 amide bonds. The van der Waals surface area contributed by atoms with Crippen molar-refractivity contribution in [2.24, 2.45) is 5.10 Å². The predicted octanol–water partition coefficient (Wildman–Crippen LogP) is 2.57. The molecular weight excluding hydrogens is 298 g/mol. The van der Waals surface area contributed by atoms with E-state index in [0.29, 0.717) is 28.2 Å². The maximum absolute atomic E-state index is 6.14. The Morgan fingerprint density at radius 2 is 2.20 bits per heavy atom. The fourth-order valence-electron chi connectivity index (χ4n) is 1.49. The number of hydrogen-bond acceptors (Lipinski definition) is 4. The normalized spacial score (nSPS) is 10.4.